The lowest BCUT2D eigenvalue weighted by atomic mass is 10.2. The van der Waals surface area contributed by atoms with Crippen LogP contribution in [-0.2, 0) is 17.9 Å². The lowest BCUT2D eigenvalue weighted by Gasteiger charge is -2.22. The first-order chi connectivity index (χ1) is 12.1. The highest BCUT2D eigenvalue weighted by molar-refractivity contribution is 7.71. The molecule has 0 bridgehead atoms. The van der Waals surface area contributed by atoms with Gasteiger partial charge < -0.3 is 4.90 Å². The fourth-order valence-electron chi connectivity index (χ4n) is 2.50. The van der Waals surface area contributed by atoms with Crippen molar-refractivity contribution >= 4 is 41.1 Å². The van der Waals surface area contributed by atoms with Crippen molar-refractivity contribution < 1.29 is 4.79 Å². The highest BCUT2D eigenvalue weighted by Gasteiger charge is 2.18. The van der Waals surface area contributed by atoms with Gasteiger partial charge in [-0.2, -0.15) is 5.10 Å². The molecule has 2 aromatic heterocycles. The van der Waals surface area contributed by atoms with Crippen molar-refractivity contribution in [3.05, 3.63) is 57.1 Å². The number of halogens is 1. The van der Waals surface area contributed by atoms with E-state index in [1.54, 1.807) is 20.8 Å². The summed E-state index contributed by atoms with van der Waals surface area (Å²) in [7, 11) is 0. The maximum atomic E-state index is 12.8. The lowest BCUT2D eigenvalue weighted by Crippen LogP contribution is -2.33. The molecule has 0 aliphatic carbocycles. The van der Waals surface area contributed by atoms with Crippen molar-refractivity contribution in [1.82, 2.24) is 19.7 Å². The van der Waals surface area contributed by atoms with E-state index in [0.29, 0.717) is 28.7 Å². The number of likely N-dealkylation sites (N-methyl/N-ethyl adjacent to an activating group) is 1. The number of carbonyl (C=O) groups is 1. The summed E-state index contributed by atoms with van der Waals surface area (Å²) in [4.78, 5) is 15.5. The van der Waals surface area contributed by atoms with Gasteiger partial charge in [-0.1, -0.05) is 35.9 Å². The molecule has 1 aromatic carbocycles. The Balaban J connectivity index is 1.81. The van der Waals surface area contributed by atoms with Gasteiger partial charge in [-0.3, -0.25) is 14.5 Å². The van der Waals surface area contributed by atoms with E-state index < -0.39 is 0 Å². The normalized spacial score (nSPS) is 10.8. The van der Waals surface area contributed by atoms with E-state index in [0.717, 1.165) is 10.4 Å². The van der Waals surface area contributed by atoms with Gasteiger partial charge in [0.1, 0.15) is 6.54 Å². The van der Waals surface area contributed by atoms with Crippen LogP contribution in [0.5, 0.6) is 0 Å². The van der Waals surface area contributed by atoms with Crippen LogP contribution < -0.4 is 0 Å². The van der Waals surface area contributed by atoms with E-state index in [-0.39, 0.29) is 12.5 Å². The van der Waals surface area contributed by atoms with Gasteiger partial charge in [-0.15, -0.1) is 11.3 Å². The fraction of sp³-hybridized carbons (Fsp3) is 0.235. The summed E-state index contributed by atoms with van der Waals surface area (Å²) < 4.78 is 2.17. The molecule has 0 spiro atoms. The Morgan fingerprint density at radius 3 is 2.84 bits per heavy atom. The van der Waals surface area contributed by atoms with Gasteiger partial charge in [-0.05, 0) is 42.2 Å². The third kappa shape index (κ3) is 4.00. The van der Waals surface area contributed by atoms with Gasteiger partial charge in [0.05, 0.1) is 4.88 Å². The van der Waals surface area contributed by atoms with E-state index in [2.05, 4.69) is 10.2 Å². The minimum atomic E-state index is -0.0299. The second kappa shape index (κ2) is 7.95. The summed E-state index contributed by atoms with van der Waals surface area (Å²) in [5.41, 5.74) is 0.925. The molecule has 25 heavy (non-hydrogen) atoms. The number of hydrogen-bond acceptors (Lipinski definition) is 4. The van der Waals surface area contributed by atoms with Gasteiger partial charge in [0, 0.05) is 18.1 Å². The zero-order valence-electron chi connectivity index (χ0n) is 13.6. The van der Waals surface area contributed by atoms with Crippen LogP contribution in [0.15, 0.2) is 41.8 Å². The summed E-state index contributed by atoms with van der Waals surface area (Å²) in [6.07, 6.45) is 0. The van der Waals surface area contributed by atoms with E-state index in [4.69, 9.17) is 23.8 Å². The molecule has 1 amide bonds. The average molecular weight is 393 g/mol. The predicted molar refractivity (Wildman–Crippen MR) is 103 cm³/mol. The Morgan fingerprint density at radius 1 is 1.36 bits per heavy atom. The first-order valence-electron chi connectivity index (χ1n) is 7.80. The van der Waals surface area contributed by atoms with Crippen molar-refractivity contribution in [2.24, 2.45) is 0 Å². The van der Waals surface area contributed by atoms with E-state index in [1.807, 2.05) is 48.7 Å². The Kier molecular flexibility index (Phi) is 5.67. The van der Waals surface area contributed by atoms with E-state index >= 15 is 0 Å². The van der Waals surface area contributed by atoms with Crippen LogP contribution in [-0.4, -0.2) is 32.1 Å². The molecule has 0 aliphatic heterocycles. The van der Waals surface area contributed by atoms with Crippen LogP contribution in [0, 0.1) is 4.77 Å². The number of amides is 1. The van der Waals surface area contributed by atoms with Crippen LogP contribution in [0.25, 0.3) is 10.7 Å². The highest BCUT2D eigenvalue weighted by atomic mass is 35.5. The molecule has 0 radical (unpaired) electrons. The number of hydrogen-bond donors (Lipinski definition) is 1. The molecule has 0 aliphatic rings. The highest BCUT2D eigenvalue weighted by Crippen LogP contribution is 2.23. The van der Waals surface area contributed by atoms with Crippen LogP contribution in [0.1, 0.15) is 12.5 Å². The van der Waals surface area contributed by atoms with Crippen LogP contribution in [0.4, 0.5) is 0 Å². The smallest absolute Gasteiger partial charge is 0.242 e. The fourth-order valence-corrected chi connectivity index (χ4v) is 3.62. The lowest BCUT2D eigenvalue weighted by molar-refractivity contribution is -0.132. The largest absolute Gasteiger partial charge is 0.337 e. The molecule has 0 unspecified atom stereocenters. The first-order valence-corrected chi connectivity index (χ1v) is 9.47. The van der Waals surface area contributed by atoms with Crippen LogP contribution in [0.3, 0.4) is 0 Å². The molecule has 0 saturated carbocycles. The molecule has 8 heteroatoms. The number of nitrogens with zero attached hydrogens (tertiary/aromatic N) is 3. The number of benzene rings is 1. The number of thiophene rings is 1. The molecule has 2 heterocycles. The van der Waals surface area contributed by atoms with Gasteiger partial charge >= 0.3 is 0 Å². The van der Waals surface area contributed by atoms with Gasteiger partial charge in [-0.25, -0.2) is 0 Å². The Morgan fingerprint density at radius 2 is 2.16 bits per heavy atom. The Hall–Kier alpha value is -1.96. The second-order valence-corrected chi connectivity index (χ2v) is 7.16. The molecule has 3 rings (SSSR count). The van der Waals surface area contributed by atoms with Crippen molar-refractivity contribution in [3.8, 4) is 10.7 Å². The van der Waals surface area contributed by atoms with Crippen LogP contribution >= 0.6 is 35.2 Å². The van der Waals surface area contributed by atoms with Crippen molar-refractivity contribution in [2.45, 2.75) is 20.0 Å². The third-order valence-electron chi connectivity index (χ3n) is 3.85. The average Bonchev–Trinajstić information content (AvgIpc) is 3.25. The zero-order chi connectivity index (χ0) is 17.8. The van der Waals surface area contributed by atoms with Crippen molar-refractivity contribution in [2.75, 3.05) is 6.54 Å². The molecule has 1 N–H and O–H groups in total. The van der Waals surface area contributed by atoms with Gasteiger partial charge in [0.2, 0.25) is 5.91 Å². The molecule has 3 aromatic rings. The maximum Gasteiger partial charge on any atom is 0.242 e. The molecule has 130 valence electrons. The zero-order valence-corrected chi connectivity index (χ0v) is 16.0. The molecular formula is C17H17ClN4OS2. The standard InChI is InChI=1S/C17H17ClN4OS2/c1-2-21(10-12-6-3-4-7-13(12)18)15(23)11-22-16(19-20-17(22)24)14-8-5-9-25-14/h3-9H,2,10-11H2,1H3,(H,20,24). The molecule has 0 fully saturated rings. The summed E-state index contributed by atoms with van der Waals surface area (Å²) in [5, 5.41) is 9.66. The third-order valence-corrected chi connectivity index (χ3v) is 5.39. The van der Waals surface area contributed by atoms with Crippen LogP contribution in [0.2, 0.25) is 5.02 Å². The second-order valence-electron chi connectivity index (χ2n) is 5.42. The number of nitrogens with one attached hydrogen (secondary N) is 1. The number of aromatic nitrogens is 3. The summed E-state index contributed by atoms with van der Waals surface area (Å²) in [6, 6.07) is 11.5. The molecule has 0 atom stereocenters. The van der Waals surface area contributed by atoms with Crippen molar-refractivity contribution in [3.63, 3.8) is 0 Å². The number of rotatable bonds is 6. The predicted octanol–water partition coefficient (Wildman–Crippen LogP) is 4.37. The number of aromatic amines is 1. The summed E-state index contributed by atoms with van der Waals surface area (Å²) in [6.45, 7) is 3.14. The quantitative estimate of drug-likeness (QED) is 0.633. The SMILES string of the molecule is CCN(Cc1ccccc1Cl)C(=O)Cn1c(-c2cccs2)n[nH]c1=S. The van der Waals surface area contributed by atoms with Crippen molar-refractivity contribution in [1.29, 1.82) is 0 Å². The Labute approximate surface area is 159 Å². The number of carbonyl (C=O) groups excluding carboxylic acids is 1. The Bertz CT molecular complexity index is 917. The molecule has 0 saturated heterocycles. The minimum Gasteiger partial charge on any atom is -0.337 e. The molecule has 5 nitrogen and oxygen atoms in total. The summed E-state index contributed by atoms with van der Waals surface area (Å²) >= 11 is 13.1. The van der Waals surface area contributed by atoms with Gasteiger partial charge in [0.15, 0.2) is 10.6 Å². The maximum absolute atomic E-state index is 12.8. The summed E-state index contributed by atoms with van der Waals surface area (Å²) in [5.74, 6) is 0.653. The first kappa shape index (κ1) is 17.8. The molecular weight excluding hydrogens is 376 g/mol. The number of H-pyrrole nitrogens is 1. The topological polar surface area (TPSA) is 53.9 Å². The van der Waals surface area contributed by atoms with Gasteiger partial charge in [0.25, 0.3) is 0 Å². The van der Waals surface area contributed by atoms with E-state index in [9.17, 15) is 4.79 Å². The minimum absolute atomic E-state index is 0.0299. The van der Waals surface area contributed by atoms with E-state index in [1.165, 1.54) is 0 Å². The monoisotopic (exact) mass is 392 g/mol.